The zero-order chi connectivity index (χ0) is 71.8. The molecule has 532 valence electrons. The van der Waals surface area contributed by atoms with Gasteiger partial charge in [-0.05, 0) is 89.9 Å². The number of quaternary nitrogens is 1. The summed E-state index contributed by atoms with van der Waals surface area (Å²) >= 11 is 0. The smallest absolute Gasteiger partial charge is 0.494 e. The minimum Gasteiger partial charge on any atom is -0.508 e. The van der Waals surface area contributed by atoms with Crippen LogP contribution in [0.1, 0.15) is 87.4 Å². The molecule has 29 heteroatoms. The quantitative estimate of drug-likeness (QED) is 0.0341. The lowest BCUT2D eigenvalue weighted by Crippen LogP contribution is -2.64. The number of nitrogens with zero attached hydrogens (tertiary/aromatic N) is 3. The van der Waals surface area contributed by atoms with E-state index in [1.165, 1.54) is 43.3 Å². The largest absolute Gasteiger partial charge is 0.508 e. The van der Waals surface area contributed by atoms with Crippen molar-refractivity contribution in [1.82, 2.24) is 36.4 Å². The Labute approximate surface area is 571 Å². The van der Waals surface area contributed by atoms with Crippen molar-refractivity contribution >= 4 is 53.9 Å². The number of hydrogen-bond acceptors (Lipinski definition) is 17. The number of fused-ring (bicyclic) bond motifs is 2. The van der Waals surface area contributed by atoms with Gasteiger partial charge in [-0.15, -0.1) is 0 Å². The third kappa shape index (κ3) is 18.5. The lowest BCUT2D eigenvalue weighted by molar-refractivity contribution is -0.870. The summed E-state index contributed by atoms with van der Waals surface area (Å²) in [7, 11) is 3.90. The van der Waals surface area contributed by atoms with E-state index in [9.17, 15) is 53.4 Å². The van der Waals surface area contributed by atoms with Gasteiger partial charge in [-0.2, -0.15) is 13.2 Å². The number of likely N-dealkylation sites (N-methyl/N-ethyl adjacent to an activating group) is 1. The fraction of sp³-hybridized carbons (Fsp3) is 0.471. The lowest BCUT2D eigenvalue weighted by Gasteiger charge is -2.34. The van der Waals surface area contributed by atoms with Crippen LogP contribution in [0, 0.1) is 5.92 Å². The molecule has 25 nitrogen and oxygen atoms in total. The number of rotatable bonds is 18. The zero-order valence-corrected chi connectivity index (χ0v) is 56.0. The number of aromatic hydroxyl groups is 1. The number of hydrogen-bond donors (Lipinski definition) is 11. The summed E-state index contributed by atoms with van der Waals surface area (Å²) in [5, 5.41) is 81.3. The standard InChI is InChI=1S/C70H86BF3N8O17/c1-8-9-10-32-96-51-29-21-44(22-30-51)42-13-11-41(12-14-42)43-15-17-46(18-16-43)62(89)75-52-35-54(87)67(97-33-31-82(5,6)7)79-66(93)58-59(88)38(2)36-81(58)69(95)56(40(4)84)77-65(92)57(78-64(91)53-34-50(86)37-80(53)68(94)55(39(3)83)76-63(52)90)61-60(45-19-27-49(85)28-20-45)98-71(99-61)48-25-23-47(24-26-48)70(72,73)74/h11-30,38-40,50,52-61,67,83-84,86-88H,8-10,31-37H2,1-7H3,(H5-,75,76,77,78,79,85,89,90,91,92,93)/p+1/t38-,39+,40+,50+,52-,53-,54+,55-,56-,57-,58-,59-,60-,61-,67+/m0/s1. The number of halogens is 3. The van der Waals surface area contributed by atoms with Crippen LogP contribution in [0.2, 0.25) is 0 Å². The van der Waals surface area contributed by atoms with Gasteiger partial charge in [-0.1, -0.05) is 112 Å². The predicted octanol–water partition coefficient (Wildman–Crippen LogP) is 2.28. The maximum Gasteiger partial charge on any atom is 0.494 e. The van der Waals surface area contributed by atoms with Gasteiger partial charge in [0, 0.05) is 37.4 Å². The molecule has 5 aromatic rings. The van der Waals surface area contributed by atoms with E-state index in [1.54, 1.807) is 12.1 Å². The van der Waals surface area contributed by atoms with Crippen molar-refractivity contribution in [2.75, 3.05) is 54.0 Å². The summed E-state index contributed by atoms with van der Waals surface area (Å²) in [6.07, 6.45) is -16.6. The second-order valence-electron chi connectivity index (χ2n) is 26.8. The van der Waals surface area contributed by atoms with Crippen molar-refractivity contribution in [2.24, 2.45) is 5.92 Å². The van der Waals surface area contributed by atoms with Crippen LogP contribution < -0.4 is 36.8 Å². The average Bonchev–Trinajstić information content (AvgIpc) is 1.66. The highest BCUT2D eigenvalue weighted by atomic mass is 19.4. The van der Waals surface area contributed by atoms with Crippen molar-refractivity contribution in [2.45, 2.75) is 151 Å². The maximum atomic E-state index is 15.3. The van der Waals surface area contributed by atoms with E-state index in [4.69, 9.17) is 18.8 Å². The van der Waals surface area contributed by atoms with Gasteiger partial charge in [0.25, 0.3) is 5.91 Å². The molecule has 11 N–H and O–H groups in total. The summed E-state index contributed by atoms with van der Waals surface area (Å²) in [6.45, 7) is 5.66. The van der Waals surface area contributed by atoms with Gasteiger partial charge in [-0.3, -0.25) is 33.6 Å². The maximum absolute atomic E-state index is 15.3. The summed E-state index contributed by atoms with van der Waals surface area (Å²) in [5.74, 6) is -8.27. The number of carbonyl (C=O) groups excluding carboxylic acids is 7. The number of aliphatic hydroxyl groups is 5. The van der Waals surface area contributed by atoms with Crippen LogP contribution in [-0.4, -0.2) is 226 Å². The molecule has 0 unspecified atom stereocenters. The Hall–Kier alpha value is -8.52. The molecule has 0 bridgehead atoms. The Kier molecular flexibility index (Phi) is 24.3. The number of aliphatic hydroxyl groups excluding tert-OH is 5. The van der Waals surface area contributed by atoms with Crippen LogP contribution in [0.4, 0.5) is 13.2 Å². The molecule has 0 saturated carbocycles. The Morgan fingerprint density at radius 2 is 1.25 bits per heavy atom. The van der Waals surface area contributed by atoms with Crippen molar-refractivity contribution in [3.63, 3.8) is 0 Å². The van der Waals surface area contributed by atoms with E-state index in [0.29, 0.717) is 16.7 Å². The number of phenols is 1. The number of carbonyl (C=O) groups is 7. The van der Waals surface area contributed by atoms with Crippen LogP contribution >= 0.6 is 0 Å². The van der Waals surface area contributed by atoms with E-state index in [0.717, 1.165) is 89.6 Å². The number of phenolic OH excluding ortho intramolecular Hbond substituents is 1. The molecule has 9 rings (SSSR count). The number of alkyl halides is 3. The zero-order valence-electron chi connectivity index (χ0n) is 56.0. The van der Waals surface area contributed by atoms with E-state index in [2.05, 4.69) is 33.5 Å². The Balaban J connectivity index is 1.07. The van der Waals surface area contributed by atoms with E-state index >= 15 is 24.0 Å². The molecule has 4 fully saturated rings. The highest BCUT2D eigenvalue weighted by Gasteiger charge is 2.53. The summed E-state index contributed by atoms with van der Waals surface area (Å²) in [4.78, 5) is 107. The molecule has 0 aromatic heterocycles. The number of amides is 7. The van der Waals surface area contributed by atoms with Crippen LogP contribution in [0.3, 0.4) is 0 Å². The SMILES string of the molecule is CCCCCOc1ccc(-c2ccc(-c3ccc(C(=O)N[C@H]4C[C@@H](O)[C@@H](OCC[N+](C)(C)C)NC(=O)[C@@H]5[C@@H](O)[C@@H](C)CN5C(=O)[C@H]([C@@H](C)O)NC(=O)[C@H]([C@@H]5OB(c6ccc(C(F)(F)F)cc6)O[C@H]5c5ccc(O)cc5)NC(=O)[C@@H]5C[C@@H](O)CN5C(=O)[C@H]([C@@H](C)O)NC4=O)cc3)cc2)cc1. The Morgan fingerprint density at radius 3 is 1.82 bits per heavy atom. The van der Waals surface area contributed by atoms with Gasteiger partial charge in [0.05, 0.1) is 70.4 Å². The van der Waals surface area contributed by atoms with Crippen LogP contribution in [0.25, 0.3) is 22.3 Å². The molecule has 0 radical (unpaired) electrons. The molecule has 15 atom stereocenters. The fourth-order valence-corrected chi connectivity index (χ4v) is 12.4. The van der Waals surface area contributed by atoms with Crippen LogP contribution in [0.15, 0.2) is 121 Å². The minimum absolute atomic E-state index is 0.00172. The molecular formula is C70H87BF3N8O17+. The molecule has 0 spiro atoms. The highest BCUT2D eigenvalue weighted by Crippen LogP contribution is 2.37. The van der Waals surface area contributed by atoms with E-state index in [1.807, 2.05) is 69.7 Å². The van der Waals surface area contributed by atoms with E-state index < -0.39 is 171 Å². The highest BCUT2D eigenvalue weighted by molar-refractivity contribution is 6.61. The first kappa shape index (κ1) is 74.7. The molecule has 5 aromatic carbocycles. The molecule has 4 heterocycles. The molecule has 7 amide bonds. The first-order valence-electron chi connectivity index (χ1n) is 33.1. The number of benzene rings is 5. The molecule has 0 aliphatic carbocycles. The third-order valence-electron chi connectivity index (χ3n) is 18.1. The monoisotopic (exact) mass is 1380 g/mol. The Bertz CT molecular complexity index is 3630. The minimum atomic E-state index is -4.75. The van der Waals surface area contributed by atoms with Gasteiger partial charge in [0.2, 0.25) is 35.4 Å². The van der Waals surface area contributed by atoms with Gasteiger partial charge >= 0.3 is 13.3 Å². The Morgan fingerprint density at radius 1 is 0.687 bits per heavy atom. The molecule has 4 aliphatic heterocycles. The summed E-state index contributed by atoms with van der Waals surface area (Å²) in [5.41, 5.74) is 2.61. The van der Waals surface area contributed by atoms with Crippen LogP contribution in [-0.2, 0) is 49.0 Å². The van der Waals surface area contributed by atoms with Gasteiger partial charge in [-0.25, -0.2) is 0 Å². The van der Waals surface area contributed by atoms with Crippen molar-refractivity contribution in [3.05, 3.63) is 138 Å². The normalized spacial score (nSPS) is 26.9. The van der Waals surface area contributed by atoms with Gasteiger partial charge in [0.1, 0.15) is 66.5 Å². The van der Waals surface area contributed by atoms with Gasteiger partial charge in [0.15, 0.2) is 6.23 Å². The van der Waals surface area contributed by atoms with Crippen molar-refractivity contribution in [1.29, 1.82) is 0 Å². The van der Waals surface area contributed by atoms with E-state index in [-0.39, 0.29) is 42.0 Å². The number of nitrogens with one attached hydrogen (secondary N) is 5. The summed E-state index contributed by atoms with van der Waals surface area (Å²) < 4.78 is 66.5. The average molecular weight is 1380 g/mol. The summed E-state index contributed by atoms with van der Waals surface area (Å²) in [6, 6.07) is 19.2. The first-order valence-corrected chi connectivity index (χ1v) is 33.1. The predicted molar refractivity (Wildman–Crippen MR) is 355 cm³/mol. The number of ether oxygens (including phenoxy) is 2. The van der Waals surface area contributed by atoms with Crippen LogP contribution in [0.5, 0.6) is 11.5 Å². The number of unbranched alkanes of at least 4 members (excludes halogenated alkanes) is 2. The fourth-order valence-electron chi connectivity index (χ4n) is 12.4. The second kappa shape index (κ2) is 32.2. The van der Waals surface area contributed by atoms with Crippen molar-refractivity contribution < 1.29 is 101 Å². The molecule has 4 saturated heterocycles. The first-order chi connectivity index (χ1) is 46.9. The topological polar surface area (TPSA) is 344 Å². The lowest BCUT2D eigenvalue weighted by atomic mass is 9.79. The molecular weight excluding hydrogens is 1290 g/mol. The van der Waals surface area contributed by atoms with Crippen molar-refractivity contribution in [3.8, 4) is 33.8 Å². The molecule has 99 heavy (non-hydrogen) atoms. The third-order valence-corrected chi connectivity index (χ3v) is 18.1. The van der Waals surface area contributed by atoms with Gasteiger partial charge < -0.3 is 90.3 Å². The molecule has 4 aliphatic rings. The second-order valence-corrected chi connectivity index (χ2v) is 26.8.